The lowest BCUT2D eigenvalue weighted by atomic mass is 9.82. The Bertz CT molecular complexity index is 199. The largest absolute Gasteiger partial charge is 0.300 e. The van der Waals surface area contributed by atoms with Gasteiger partial charge in [0.1, 0.15) is 5.78 Å². The minimum atomic E-state index is 0.305. The molecule has 1 atom stereocenters. The van der Waals surface area contributed by atoms with Crippen LogP contribution in [0.25, 0.3) is 0 Å². The molecule has 13 heavy (non-hydrogen) atoms. The Morgan fingerprint density at radius 1 is 1.38 bits per heavy atom. The lowest BCUT2D eigenvalue weighted by molar-refractivity contribution is -0.118. The third-order valence-electron chi connectivity index (χ3n) is 3.11. The minimum absolute atomic E-state index is 0.305. The van der Waals surface area contributed by atoms with Crippen LogP contribution in [0.1, 0.15) is 46.0 Å². The van der Waals surface area contributed by atoms with Gasteiger partial charge in [-0.3, -0.25) is 0 Å². The molecule has 1 rings (SSSR count). The smallest absolute Gasteiger partial charge is 0.130 e. The van der Waals surface area contributed by atoms with Crippen molar-refractivity contribution in [3.63, 3.8) is 0 Å². The maximum atomic E-state index is 11.1. The van der Waals surface area contributed by atoms with Crippen molar-refractivity contribution >= 4 is 5.78 Å². The van der Waals surface area contributed by atoms with Crippen molar-refractivity contribution in [1.82, 2.24) is 0 Å². The summed E-state index contributed by atoms with van der Waals surface area (Å²) >= 11 is 0. The zero-order valence-electron chi connectivity index (χ0n) is 8.81. The van der Waals surface area contributed by atoms with E-state index >= 15 is 0 Å². The van der Waals surface area contributed by atoms with Crippen molar-refractivity contribution in [2.75, 3.05) is 0 Å². The molecule has 0 aromatic heterocycles. The molecule has 0 unspecified atom stereocenters. The molecule has 0 aliphatic heterocycles. The predicted molar refractivity (Wildman–Crippen MR) is 55.6 cm³/mol. The van der Waals surface area contributed by atoms with E-state index in [0.717, 1.165) is 5.92 Å². The van der Waals surface area contributed by atoms with Crippen molar-refractivity contribution < 1.29 is 4.79 Å². The molecule has 0 N–H and O–H groups in total. The van der Waals surface area contributed by atoms with E-state index in [0.29, 0.717) is 18.1 Å². The summed E-state index contributed by atoms with van der Waals surface area (Å²) < 4.78 is 0. The zero-order chi connectivity index (χ0) is 9.84. The number of carbonyl (C=O) groups excluding carboxylic acids is 1. The first-order valence-electron chi connectivity index (χ1n) is 5.26. The molecule has 74 valence electrons. The highest BCUT2D eigenvalue weighted by Crippen LogP contribution is 2.36. The van der Waals surface area contributed by atoms with Gasteiger partial charge < -0.3 is 4.79 Å². The van der Waals surface area contributed by atoms with Gasteiger partial charge in [0.2, 0.25) is 0 Å². The van der Waals surface area contributed by atoms with E-state index in [4.69, 9.17) is 0 Å². The number of allylic oxidation sites excluding steroid dienone is 1. The van der Waals surface area contributed by atoms with Crippen LogP contribution in [0.5, 0.6) is 0 Å². The quantitative estimate of drug-likeness (QED) is 0.606. The second-order valence-electron chi connectivity index (χ2n) is 4.40. The number of hydrogen-bond donors (Lipinski definition) is 0. The molecule has 1 heteroatoms. The number of ketones is 1. The zero-order valence-corrected chi connectivity index (χ0v) is 8.81. The van der Waals surface area contributed by atoms with Crippen LogP contribution in [0, 0.1) is 11.8 Å². The Kier molecular flexibility index (Phi) is 3.71. The van der Waals surface area contributed by atoms with Gasteiger partial charge in [0.15, 0.2) is 0 Å². The Hall–Kier alpha value is -0.590. The summed E-state index contributed by atoms with van der Waals surface area (Å²) in [5.74, 6) is 1.50. The summed E-state index contributed by atoms with van der Waals surface area (Å²) in [7, 11) is 0. The average Bonchev–Trinajstić information content (AvgIpc) is 2.50. The second kappa shape index (κ2) is 4.59. The number of carbonyl (C=O) groups is 1. The minimum Gasteiger partial charge on any atom is -0.300 e. The molecule has 1 aliphatic carbocycles. The summed E-state index contributed by atoms with van der Waals surface area (Å²) in [6.07, 6.45) is 5.98. The Morgan fingerprint density at radius 2 is 1.92 bits per heavy atom. The molecule has 0 bridgehead atoms. The summed E-state index contributed by atoms with van der Waals surface area (Å²) in [6, 6.07) is 0. The van der Waals surface area contributed by atoms with Crippen molar-refractivity contribution in [2.24, 2.45) is 11.8 Å². The van der Waals surface area contributed by atoms with Gasteiger partial charge >= 0.3 is 0 Å². The van der Waals surface area contributed by atoms with Crippen LogP contribution in [0.15, 0.2) is 12.2 Å². The van der Waals surface area contributed by atoms with Crippen LogP contribution < -0.4 is 0 Å². The SMILES string of the molecule is C=C(C)[C@@H](CC(C)=O)C1CCCC1. The molecule has 1 saturated carbocycles. The highest BCUT2D eigenvalue weighted by Gasteiger charge is 2.26. The van der Waals surface area contributed by atoms with Crippen LogP contribution >= 0.6 is 0 Å². The molecular formula is C12H20O. The molecule has 1 aliphatic rings. The summed E-state index contributed by atoms with van der Waals surface area (Å²) in [5.41, 5.74) is 1.20. The van der Waals surface area contributed by atoms with Gasteiger partial charge in [-0.1, -0.05) is 25.0 Å². The topological polar surface area (TPSA) is 17.1 Å². The fourth-order valence-electron chi connectivity index (χ4n) is 2.41. The summed E-state index contributed by atoms with van der Waals surface area (Å²) in [5, 5.41) is 0. The van der Waals surface area contributed by atoms with Crippen molar-refractivity contribution in [1.29, 1.82) is 0 Å². The van der Waals surface area contributed by atoms with Crippen molar-refractivity contribution in [3.8, 4) is 0 Å². The standard InChI is InChI=1S/C12H20O/c1-9(2)12(8-10(3)13)11-6-4-5-7-11/h11-12H,1,4-8H2,2-3H3/t12-/m1/s1. The van der Waals surface area contributed by atoms with Gasteiger partial charge in [-0.05, 0) is 38.5 Å². The van der Waals surface area contributed by atoms with E-state index in [1.165, 1.54) is 31.3 Å². The molecule has 1 nitrogen and oxygen atoms in total. The van der Waals surface area contributed by atoms with Crippen molar-refractivity contribution in [3.05, 3.63) is 12.2 Å². The third kappa shape index (κ3) is 2.98. The fourth-order valence-corrected chi connectivity index (χ4v) is 2.41. The maximum Gasteiger partial charge on any atom is 0.130 e. The lowest BCUT2D eigenvalue weighted by Crippen LogP contribution is -2.15. The molecule has 0 radical (unpaired) electrons. The van der Waals surface area contributed by atoms with Crippen LogP contribution in [0.4, 0.5) is 0 Å². The monoisotopic (exact) mass is 180 g/mol. The van der Waals surface area contributed by atoms with Gasteiger partial charge in [-0.15, -0.1) is 0 Å². The van der Waals surface area contributed by atoms with Gasteiger partial charge in [0.25, 0.3) is 0 Å². The molecular weight excluding hydrogens is 160 g/mol. The highest BCUT2D eigenvalue weighted by atomic mass is 16.1. The van der Waals surface area contributed by atoms with Gasteiger partial charge in [0, 0.05) is 6.42 Å². The summed E-state index contributed by atoms with van der Waals surface area (Å²) in [6.45, 7) is 7.75. The van der Waals surface area contributed by atoms with E-state index < -0.39 is 0 Å². The second-order valence-corrected chi connectivity index (χ2v) is 4.40. The molecule has 0 spiro atoms. The van der Waals surface area contributed by atoms with Crippen LogP contribution in [0.2, 0.25) is 0 Å². The first kappa shape index (κ1) is 10.5. The highest BCUT2D eigenvalue weighted by molar-refractivity contribution is 5.76. The molecule has 0 saturated heterocycles. The number of hydrogen-bond acceptors (Lipinski definition) is 1. The Morgan fingerprint density at radius 3 is 2.31 bits per heavy atom. The van der Waals surface area contributed by atoms with E-state index in [-0.39, 0.29) is 0 Å². The first-order valence-corrected chi connectivity index (χ1v) is 5.26. The van der Waals surface area contributed by atoms with Gasteiger partial charge in [0.05, 0.1) is 0 Å². The van der Waals surface area contributed by atoms with E-state index in [1.54, 1.807) is 6.92 Å². The molecule has 0 aromatic carbocycles. The normalized spacial score (nSPS) is 20.2. The average molecular weight is 180 g/mol. The molecule has 0 heterocycles. The van der Waals surface area contributed by atoms with Crippen LogP contribution in [-0.4, -0.2) is 5.78 Å². The van der Waals surface area contributed by atoms with E-state index in [2.05, 4.69) is 13.5 Å². The third-order valence-corrected chi connectivity index (χ3v) is 3.11. The fraction of sp³-hybridized carbons (Fsp3) is 0.750. The predicted octanol–water partition coefficient (Wildman–Crippen LogP) is 3.35. The van der Waals surface area contributed by atoms with E-state index in [1.807, 2.05) is 0 Å². The Labute approximate surface area is 81.2 Å². The van der Waals surface area contributed by atoms with Gasteiger partial charge in [-0.25, -0.2) is 0 Å². The van der Waals surface area contributed by atoms with Crippen molar-refractivity contribution in [2.45, 2.75) is 46.0 Å². The summed E-state index contributed by atoms with van der Waals surface area (Å²) in [4.78, 5) is 11.1. The number of Topliss-reactive ketones (excluding diaryl/α,β-unsaturated/α-hetero) is 1. The van der Waals surface area contributed by atoms with Gasteiger partial charge in [-0.2, -0.15) is 0 Å². The lowest BCUT2D eigenvalue weighted by Gasteiger charge is -2.22. The first-order chi connectivity index (χ1) is 6.11. The number of rotatable bonds is 4. The maximum absolute atomic E-state index is 11.1. The van der Waals surface area contributed by atoms with Crippen LogP contribution in [0.3, 0.4) is 0 Å². The van der Waals surface area contributed by atoms with E-state index in [9.17, 15) is 4.79 Å². The van der Waals surface area contributed by atoms with Crippen LogP contribution in [-0.2, 0) is 4.79 Å². The Balaban J connectivity index is 2.55. The molecule has 0 aromatic rings. The molecule has 1 fully saturated rings. The molecule has 0 amide bonds.